The Morgan fingerprint density at radius 1 is 1.18 bits per heavy atom. The summed E-state index contributed by atoms with van der Waals surface area (Å²) in [5, 5.41) is 16.2. The highest BCUT2D eigenvalue weighted by molar-refractivity contribution is 5.80. The number of amides is 1. The number of anilines is 1. The fourth-order valence-corrected chi connectivity index (χ4v) is 2.86. The van der Waals surface area contributed by atoms with Crippen molar-refractivity contribution in [2.75, 3.05) is 12.0 Å². The Hall–Kier alpha value is -4.45. The van der Waals surface area contributed by atoms with E-state index in [9.17, 15) is 14.9 Å². The summed E-state index contributed by atoms with van der Waals surface area (Å²) in [7, 11) is 0. The van der Waals surface area contributed by atoms with Crippen LogP contribution in [0.4, 0.5) is 5.95 Å². The predicted octanol–water partition coefficient (Wildman–Crippen LogP) is 3.05. The third-order valence-electron chi connectivity index (χ3n) is 4.23. The summed E-state index contributed by atoms with van der Waals surface area (Å²) in [6.07, 6.45) is 1.54. The highest BCUT2D eigenvalue weighted by Crippen LogP contribution is 2.19. The maximum absolute atomic E-state index is 12.3. The molecule has 1 aromatic heterocycles. The highest BCUT2D eigenvalue weighted by atomic mass is 16.5. The molecule has 3 rings (SSSR count). The predicted molar refractivity (Wildman–Crippen MR) is 126 cm³/mol. The zero-order chi connectivity index (χ0) is 23.8. The second-order valence-corrected chi connectivity index (χ2v) is 8.14. The number of carbonyl (C=O) groups is 1. The zero-order valence-corrected chi connectivity index (χ0v) is 18.5. The lowest BCUT2D eigenvalue weighted by atomic mass is 10.1. The van der Waals surface area contributed by atoms with Gasteiger partial charge in [0.25, 0.3) is 11.5 Å². The van der Waals surface area contributed by atoms with E-state index in [4.69, 9.17) is 4.74 Å². The SMILES string of the molecule is CC(C)(C)NC(=O)COc1ccc(C=NNc2nc(-c3ccccc3)c(C#N)c(=O)[nH]2)cc1. The summed E-state index contributed by atoms with van der Waals surface area (Å²) in [6.45, 7) is 5.63. The van der Waals surface area contributed by atoms with Crippen LogP contribution in [-0.2, 0) is 4.79 Å². The van der Waals surface area contributed by atoms with E-state index in [0.29, 0.717) is 11.3 Å². The lowest BCUT2D eigenvalue weighted by molar-refractivity contribution is -0.124. The molecule has 0 atom stereocenters. The van der Waals surface area contributed by atoms with Gasteiger partial charge < -0.3 is 10.1 Å². The Kier molecular flexibility index (Phi) is 7.20. The quantitative estimate of drug-likeness (QED) is 0.379. The van der Waals surface area contributed by atoms with Crippen LogP contribution in [0.5, 0.6) is 5.75 Å². The first-order chi connectivity index (χ1) is 15.7. The number of nitrogens with one attached hydrogen (secondary N) is 3. The number of hydrogen-bond donors (Lipinski definition) is 3. The van der Waals surface area contributed by atoms with Crippen LogP contribution < -0.4 is 21.0 Å². The number of H-pyrrole nitrogens is 1. The molecule has 0 radical (unpaired) electrons. The van der Waals surface area contributed by atoms with Gasteiger partial charge in [0.15, 0.2) is 6.61 Å². The Morgan fingerprint density at radius 3 is 2.52 bits per heavy atom. The van der Waals surface area contributed by atoms with Crippen molar-refractivity contribution in [2.45, 2.75) is 26.3 Å². The minimum Gasteiger partial charge on any atom is -0.484 e. The van der Waals surface area contributed by atoms with Gasteiger partial charge in [-0.2, -0.15) is 10.4 Å². The number of aromatic nitrogens is 2. The van der Waals surface area contributed by atoms with Crippen LogP contribution in [-0.4, -0.2) is 34.2 Å². The van der Waals surface area contributed by atoms with Gasteiger partial charge in [0, 0.05) is 11.1 Å². The zero-order valence-electron chi connectivity index (χ0n) is 18.5. The molecule has 33 heavy (non-hydrogen) atoms. The third-order valence-corrected chi connectivity index (χ3v) is 4.23. The van der Waals surface area contributed by atoms with Gasteiger partial charge in [-0.3, -0.25) is 14.6 Å². The van der Waals surface area contributed by atoms with Crippen LogP contribution in [0.3, 0.4) is 0 Å². The smallest absolute Gasteiger partial charge is 0.270 e. The molecule has 0 saturated carbocycles. The van der Waals surface area contributed by atoms with Crippen molar-refractivity contribution in [3.8, 4) is 23.1 Å². The molecule has 9 heteroatoms. The molecule has 0 fully saturated rings. The van der Waals surface area contributed by atoms with Crippen molar-refractivity contribution < 1.29 is 9.53 Å². The number of nitrogens with zero attached hydrogens (tertiary/aromatic N) is 3. The molecule has 0 saturated heterocycles. The number of aromatic amines is 1. The highest BCUT2D eigenvalue weighted by Gasteiger charge is 2.14. The summed E-state index contributed by atoms with van der Waals surface area (Å²) in [6, 6.07) is 17.9. The average Bonchev–Trinajstić information content (AvgIpc) is 2.77. The van der Waals surface area contributed by atoms with Crippen molar-refractivity contribution in [1.29, 1.82) is 5.26 Å². The number of hydrazone groups is 1. The van der Waals surface area contributed by atoms with Gasteiger partial charge in [-0.05, 0) is 50.6 Å². The number of carbonyl (C=O) groups excluding carboxylic acids is 1. The van der Waals surface area contributed by atoms with Crippen molar-refractivity contribution in [1.82, 2.24) is 15.3 Å². The second-order valence-electron chi connectivity index (χ2n) is 8.14. The Bertz CT molecular complexity index is 1240. The molecule has 0 spiro atoms. The van der Waals surface area contributed by atoms with Crippen LogP contribution >= 0.6 is 0 Å². The first-order valence-corrected chi connectivity index (χ1v) is 10.2. The van der Waals surface area contributed by atoms with Crippen molar-refractivity contribution in [3.05, 3.63) is 76.1 Å². The lowest BCUT2D eigenvalue weighted by Gasteiger charge is -2.20. The van der Waals surface area contributed by atoms with E-state index in [1.807, 2.05) is 32.9 Å². The summed E-state index contributed by atoms with van der Waals surface area (Å²) < 4.78 is 5.48. The summed E-state index contributed by atoms with van der Waals surface area (Å²) in [4.78, 5) is 30.9. The largest absolute Gasteiger partial charge is 0.484 e. The van der Waals surface area contributed by atoms with Crippen LogP contribution in [0.25, 0.3) is 11.3 Å². The topological polar surface area (TPSA) is 132 Å². The molecule has 0 aliphatic heterocycles. The number of ether oxygens (including phenoxy) is 1. The lowest BCUT2D eigenvalue weighted by Crippen LogP contribution is -2.43. The van der Waals surface area contributed by atoms with E-state index in [1.54, 1.807) is 48.5 Å². The maximum Gasteiger partial charge on any atom is 0.270 e. The number of nitriles is 1. The van der Waals surface area contributed by atoms with Crippen molar-refractivity contribution in [3.63, 3.8) is 0 Å². The number of hydrogen-bond acceptors (Lipinski definition) is 7. The first kappa shape index (κ1) is 23.2. The van der Waals surface area contributed by atoms with E-state index < -0.39 is 5.56 Å². The Balaban J connectivity index is 1.65. The molecule has 0 aliphatic carbocycles. The summed E-state index contributed by atoms with van der Waals surface area (Å²) in [5.41, 5.74) is 3.43. The monoisotopic (exact) mass is 444 g/mol. The maximum atomic E-state index is 12.3. The molecule has 3 N–H and O–H groups in total. The first-order valence-electron chi connectivity index (χ1n) is 10.2. The van der Waals surface area contributed by atoms with E-state index in [-0.39, 0.29) is 35.3 Å². The molecule has 168 valence electrons. The van der Waals surface area contributed by atoms with Crippen LogP contribution in [0.15, 0.2) is 64.5 Å². The fraction of sp³-hybridized carbons (Fsp3) is 0.208. The molecular weight excluding hydrogens is 420 g/mol. The van der Waals surface area contributed by atoms with Crippen molar-refractivity contribution >= 4 is 18.1 Å². The fourth-order valence-electron chi connectivity index (χ4n) is 2.86. The van der Waals surface area contributed by atoms with Crippen LogP contribution in [0, 0.1) is 11.3 Å². The van der Waals surface area contributed by atoms with E-state index in [2.05, 4.69) is 25.8 Å². The molecule has 0 unspecified atom stereocenters. The molecular formula is C24H24N6O3. The van der Waals surface area contributed by atoms with Gasteiger partial charge in [0.05, 0.1) is 11.9 Å². The van der Waals surface area contributed by atoms with Gasteiger partial charge in [0.1, 0.15) is 17.4 Å². The number of benzene rings is 2. The molecule has 1 heterocycles. The molecule has 0 aliphatic rings. The summed E-state index contributed by atoms with van der Waals surface area (Å²) in [5.74, 6) is 0.463. The van der Waals surface area contributed by atoms with Crippen LogP contribution in [0.1, 0.15) is 31.9 Å². The van der Waals surface area contributed by atoms with Gasteiger partial charge in [-0.15, -0.1) is 0 Å². The van der Waals surface area contributed by atoms with Gasteiger partial charge in [-0.1, -0.05) is 30.3 Å². The van der Waals surface area contributed by atoms with E-state index >= 15 is 0 Å². The van der Waals surface area contributed by atoms with E-state index in [1.165, 1.54) is 6.21 Å². The van der Waals surface area contributed by atoms with Gasteiger partial charge >= 0.3 is 0 Å². The normalized spacial score (nSPS) is 11.1. The molecule has 0 bridgehead atoms. The average molecular weight is 444 g/mol. The van der Waals surface area contributed by atoms with Gasteiger partial charge in [-0.25, -0.2) is 10.4 Å². The Morgan fingerprint density at radius 2 is 1.88 bits per heavy atom. The minimum atomic E-state index is -0.555. The molecule has 3 aromatic rings. The molecule has 1 amide bonds. The third kappa shape index (κ3) is 6.77. The molecule has 9 nitrogen and oxygen atoms in total. The second kappa shape index (κ2) is 10.2. The van der Waals surface area contributed by atoms with Crippen LogP contribution in [0.2, 0.25) is 0 Å². The minimum absolute atomic E-state index is 0.0671. The standard InChI is InChI=1S/C24H24N6O3/c1-24(2,3)29-20(31)15-33-18-11-9-16(10-12-18)14-26-30-23-27-21(17-7-5-4-6-8-17)19(13-25)22(32)28-23/h4-12,14H,15H2,1-3H3,(H,29,31)(H2,27,28,30,32). The van der Waals surface area contributed by atoms with Gasteiger partial charge in [0.2, 0.25) is 5.95 Å². The van der Waals surface area contributed by atoms with E-state index in [0.717, 1.165) is 5.56 Å². The van der Waals surface area contributed by atoms with Crippen molar-refractivity contribution in [2.24, 2.45) is 5.10 Å². The summed E-state index contributed by atoms with van der Waals surface area (Å²) >= 11 is 0. The molecule has 2 aromatic carbocycles. The Labute approximate surface area is 191 Å². The number of rotatable bonds is 7.